The number of anilines is 1. The number of halogens is 1. The SMILES string of the molecule is CC[C@H](C(=O)NC1CCCC1)N(Cc1ccc(OC)cc1)C(=O)CN(c1ccc(Br)cc1)S(=O)(=O)c1ccc(C)cc1. The van der Waals surface area contributed by atoms with E-state index in [1.807, 2.05) is 26.0 Å². The van der Waals surface area contributed by atoms with Crippen LogP contribution in [0.3, 0.4) is 0 Å². The molecule has 3 aromatic rings. The highest BCUT2D eigenvalue weighted by atomic mass is 79.9. The first kappa shape index (κ1) is 31.6. The highest BCUT2D eigenvalue weighted by Gasteiger charge is 2.34. The van der Waals surface area contributed by atoms with Crippen LogP contribution in [0.4, 0.5) is 5.69 Å². The van der Waals surface area contributed by atoms with Gasteiger partial charge in [0.1, 0.15) is 18.3 Å². The monoisotopic (exact) mass is 655 g/mol. The molecule has 1 aliphatic rings. The molecule has 0 saturated heterocycles. The zero-order valence-electron chi connectivity index (χ0n) is 24.3. The van der Waals surface area contributed by atoms with Crippen molar-refractivity contribution in [1.29, 1.82) is 0 Å². The van der Waals surface area contributed by atoms with Gasteiger partial charge in [-0.2, -0.15) is 0 Å². The summed E-state index contributed by atoms with van der Waals surface area (Å²) in [7, 11) is -2.53. The van der Waals surface area contributed by atoms with Gasteiger partial charge in [-0.15, -0.1) is 0 Å². The van der Waals surface area contributed by atoms with Crippen LogP contribution >= 0.6 is 15.9 Å². The van der Waals surface area contributed by atoms with E-state index >= 15 is 0 Å². The van der Waals surface area contributed by atoms with E-state index in [1.165, 1.54) is 4.90 Å². The Morgan fingerprint density at radius 2 is 1.60 bits per heavy atom. The van der Waals surface area contributed by atoms with Crippen molar-refractivity contribution in [3.8, 4) is 5.75 Å². The van der Waals surface area contributed by atoms with Crippen molar-refractivity contribution in [1.82, 2.24) is 10.2 Å². The number of nitrogens with one attached hydrogen (secondary N) is 1. The number of methoxy groups -OCH3 is 1. The number of amides is 2. The first-order valence-corrected chi connectivity index (χ1v) is 16.4. The smallest absolute Gasteiger partial charge is 0.264 e. The molecule has 8 nitrogen and oxygen atoms in total. The fraction of sp³-hybridized carbons (Fsp3) is 0.375. The number of hydrogen-bond donors (Lipinski definition) is 1. The van der Waals surface area contributed by atoms with E-state index in [1.54, 1.807) is 67.8 Å². The molecular weight excluding hydrogens is 618 g/mol. The number of hydrogen-bond acceptors (Lipinski definition) is 5. The van der Waals surface area contributed by atoms with Gasteiger partial charge in [0.05, 0.1) is 17.7 Å². The minimum Gasteiger partial charge on any atom is -0.497 e. The third-order valence-electron chi connectivity index (χ3n) is 7.60. The van der Waals surface area contributed by atoms with Crippen molar-refractivity contribution < 1.29 is 22.7 Å². The Balaban J connectivity index is 1.70. The maximum Gasteiger partial charge on any atom is 0.264 e. The largest absolute Gasteiger partial charge is 0.497 e. The van der Waals surface area contributed by atoms with Crippen molar-refractivity contribution in [3.05, 3.63) is 88.4 Å². The van der Waals surface area contributed by atoms with Gasteiger partial charge in [-0.3, -0.25) is 13.9 Å². The highest BCUT2D eigenvalue weighted by Crippen LogP contribution is 2.27. The van der Waals surface area contributed by atoms with E-state index in [2.05, 4.69) is 21.2 Å². The Labute approximate surface area is 257 Å². The first-order valence-electron chi connectivity index (χ1n) is 14.2. The van der Waals surface area contributed by atoms with Crippen LogP contribution in [0.15, 0.2) is 82.2 Å². The number of nitrogens with zero attached hydrogens (tertiary/aromatic N) is 2. The van der Waals surface area contributed by atoms with Crippen molar-refractivity contribution in [2.45, 2.75) is 69.5 Å². The average Bonchev–Trinajstić information content (AvgIpc) is 3.49. The topological polar surface area (TPSA) is 96.0 Å². The van der Waals surface area contributed by atoms with E-state index in [-0.39, 0.29) is 23.4 Å². The van der Waals surface area contributed by atoms with Crippen LogP contribution < -0.4 is 14.4 Å². The zero-order valence-corrected chi connectivity index (χ0v) is 26.7. The number of carbonyl (C=O) groups is 2. The Hall–Kier alpha value is -3.37. The van der Waals surface area contributed by atoms with Gasteiger partial charge in [-0.1, -0.05) is 65.5 Å². The molecule has 4 rings (SSSR count). The van der Waals surface area contributed by atoms with Crippen molar-refractivity contribution in [2.75, 3.05) is 18.0 Å². The number of rotatable bonds is 12. The lowest BCUT2D eigenvalue weighted by atomic mass is 10.1. The van der Waals surface area contributed by atoms with E-state index in [4.69, 9.17) is 4.74 Å². The van der Waals surface area contributed by atoms with Gasteiger partial charge >= 0.3 is 0 Å². The molecule has 1 aliphatic carbocycles. The van der Waals surface area contributed by atoms with Crippen LogP contribution in [0, 0.1) is 6.92 Å². The summed E-state index contributed by atoms with van der Waals surface area (Å²) in [6.07, 6.45) is 4.34. The highest BCUT2D eigenvalue weighted by molar-refractivity contribution is 9.10. The van der Waals surface area contributed by atoms with E-state index in [0.29, 0.717) is 17.9 Å². The minimum atomic E-state index is -4.11. The normalized spacial score (nSPS) is 14.3. The molecule has 10 heteroatoms. The molecule has 224 valence electrons. The summed E-state index contributed by atoms with van der Waals surface area (Å²) in [5, 5.41) is 3.13. The molecule has 2 amide bonds. The number of aryl methyl sites for hydroxylation is 1. The molecule has 1 N–H and O–H groups in total. The van der Waals surface area contributed by atoms with Gasteiger partial charge in [-0.25, -0.2) is 8.42 Å². The zero-order chi connectivity index (χ0) is 30.3. The minimum absolute atomic E-state index is 0.0801. The fourth-order valence-electron chi connectivity index (χ4n) is 5.19. The van der Waals surface area contributed by atoms with Crippen molar-refractivity contribution >= 4 is 43.5 Å². The molecule has 1 atom stereocenters. The quantitative estimate of drug-likeness (QED) is 0.265. The molecular formula is C32H38BrN3O5S. The summed E-state index contributed by atoms with van der Waals surface area (Å²) in [6, 6.07) is 19.9. The number of benzene rings is 3. The van der Waals surface area contributed by atoms with Crippen molar-refractivity contribution in [2.24, 2.45) is 0 Å². The number of carbonyl (C=O) groups excluding carboxylic acids is 2. The Morgan fingerprint density at radius 1 is 0.976 bits per heavy atom. The standard InChI is InChI=1S/C32H38BrN3O5S/c1-4-30(32(38)34-26-7-5-6-8-26)35(21-24-11-17-28(41-3)18-12-24)31(37)22-36(27-15-13-25(33)14-16-27)42(39,40)29-19-9-23(2)10-20-29/h9-20,26,30H,4-8,21-22H2,1-3H3,(H,34,38)/t30-/m1/s1. The summed E-state index contributed by atoms with van der Waals surface area (Å²) >= 11 is 3.40. The number of ether oxygens (including phenoxy) is 1. The lowest BCUT2D eigenvalue weighted by Gasteiger charge is -2.33. The predicted molar refractivity (Wildman–Crippen MR) is 168 cm³/mol. The van der Waals surface area contributed by atoms with Crippen LogP contribution in [0.5, 0.6) is 5.75 Å². The van der Waals surface area contributed by atoms with Gasteiger partial charge in [0, 0.05) is 17.1 Å². The van der Waals surface area contributed by atoms with Gasteiger partial charge in [0.25, 0.3) is 10.0 Å². The van der Waals surface area contributed by atoms with Gasteiger partial charge in [0.15, 0.2) is 0 Å². The average molecular weight is 657 g/mol. The van der Waals surface area contributed by atoms with Crippen LogP contribution in [0.1, 0.15) is 50.2 Å². The first-order chi connectivity index (χ1) is 20.1. The second kappa shape index (κ2) is 14.2. The van der Waals surface area contributed by atoms with E-state index in [0.717, 1.165) is 45.6 Å². The molecule has 0 radical (unpaired) electrons. The van der Waals surface area contributed by atoms with Crippen molar-refractivity contribution in [3.63, 3.8) is 0 Å². The lowest BCUT2D eigenvalue weighted by Crippen LogP contribution is -2.53. The maximum atomic E-state index is 14.2. The lowest BCUT2D eigenvalue weighted by molar-refractivity contribution is -0.140. The molecule has 1 saturated carbocycles. The summed E-state index contributed by atoms with van der Waals surface area (Å²) in [4.78, 5) is 29.3. The second-order valence-electron chi connectivity index (χ2n) is 10.6. The summed E-state index contributed by atoms with van der Waals surface area (Å²) in [5.74, 6) is -0.0195. The third-order valence-corrected chi connectivity index (χ3v) is 9.92. The third kappa shape index (κ3) is 7.72. The molecule has 0 unspecified atom stereocenters. The molecule has 3 aromatic carbocycles. The van der Waals surface area contributed by atoms with Crippen LogP contribution in [0.25, 0.3) is 0 Å². The fourth-order valence-corrected chi connectivity index (χ4v) is 6.87. The Bertz CT molecular complexity index is 1460. The van der Waals surface area contributed by atoms with E-state index < -0.39 is 28.5 Å². The molecule has 0 spiro atoms. The van der Waals surface area contributed by atoms with E-state index in [9.17, 15) is 18.0 Å². The van der Waals surface area contributed by atoms with Crippen LogP contribution in [-0.4, -0.2) is 50.9 Å². The van der Waals surface area contributed by atoms with Crippen LogP contribution in [0.2, 0.25) is 0 Å². The molecule has 0 bridgehead atoms. The van der Waals surface area contributed by atoms with Gasteiger partial charge < -0.3 is 15.0 Å². The molecule has 0 heterocycles. The van der Waals surface area contributed by atoms with Crippen LogP contribution in [-0.2, 0) is 26.2 Å². The Kier molecular flexibility index (Phi) is 10.7. The summed E-state index contributed by atoms with van der Waals surface area (Å²) in [5.41, 5.74) is 2.07. The van der Waals surface area contributed by atoms with Gasteiger partial charge in [-0.05, 0) is 80.3 Å². The molecule has 0 aliphatic heterocycles. The van der Waals surface area contributed by atoms with Gasteiger partial charge in [0.2, 0.25) is 11.8 Å². The molecule has 0 aromatic heterocycles. The molecule has 1 fully saturated rings. The summed E-state index contributed by atoms with van der Waals surface area (Å²) in [6.45, 7) is 3.41. The second-order valence-corrected chi connectivity index (χ2v) is 13.4. The number of sulfonamides is 1. The maximum absolute atomic E-state index is 14.2. The Morgan fingerprint density at radius 3 is 2.17 bits per heavy atom. The summed E-state index contributed by atoms with van der Waals surface area (Å²) < 4.78 is 35.1. The molecule has 42 heavy (non-hydrogen) atoms. The predicted octanol–water partition coefficient (Wildman–Crippen LogP) is 5.83.